The van der Waals surface area contributed by atoms with Gasteiger partial charge in [0.25, 0.3) is 0 Å². The molecule has 282 valence electrons. The predicted octanol–water partition coefficient (Wildman–Crippen LogP) is 6.35. The van der Waals surface area contributed by atoms with Gasteiger partial charge in [-0.25, -0.2) is 9.67 Å². The van der Waals surface area contributed by atoms with Gasteiger partial charge in [-0.1, -0.05) is 24.3 Å². The van der Waals surface area contributed by atoms with E-state index in [0.29, 0.717) is 59.6 Å². The van der Waals surface area contributed by atoms with Crippen molar-refractivity contribution in [1.29, 1.82) is 5.26 Å². The first-order chi connectivity index (χ1) is 26.7. The Balaban J connectivity index is 1.10. The van der Waals surface area contributed by atoms with Crippen LogP contribution in [-0.4, -0.2) is 92.2 Å². The number of carboxylic acid groups (broad SMARTS) is 1. The molecule has 2 fully saturated rings. The van der Waals surface area contributed by atoms with Crippen LogP contribution in [0.2, 0.25) is 0 Å². The number of aromatic nitrogens is 4. The van der Waals surface area contributed by atoms with E-state index in [1.54, 1.807) is 18.9 Å². The number of carboxylic acids is 1. The third-order valence-corrected chi connectivity index (χ3v) is 11.0. The summed E-state index contributed by atoms with van der Waals surface area (Å²) in [6.45, 7) is 6.26. The number of β-amino-alcohol motifs (C(OH)–C–C–N with tert-alkyl or cyclic N) is 1. The number of likely N-dealkylation sites (tertiary alicyclic amines) is 2. The Morgan fingerprint density at radius 3 is 2.45 bits per heavy atom. The minimum atomic E-state index is -0.743. The molecule has 0 radical (unpaired) electrons. The van der Waals surface area contributed by atoms with Gasteiger partial charge in [0, 0.05) is 49.6 Å². The number of aliphatic hydroxyl groups is 1. The van der Waals surface area contributed by atoms with Crippen LogP contribution >= 0.6 is 0 Å². The number of methoxy groups -OCH3 is 2. The summed E-state index contributed by atoms with van der Waals surface area (Å²) in [5.74, 6) is 1.53. The molecule has 0 spiro atoms. The topological polar surface area (TPSA) is 163 Å². The normalized spacial score (nSPS) is 16.9. The highest BCUT2D eigenvalue weighted by Crippen LogP contribution is 2.38. The van der Waals surface area contributed by atoms with Gasteiger partial charge in [-0.2, -0.15) is 15.3 Å². The second kappa shape index (κ2) is 15.1. The molecule has 13 heteroatoms. The maximum absolute atomic E-state index is 11.2. The number of benzene rings is 3. The number of pyridine rings is 1. The highest BCUT2D eigenvalue weighted by molar-refractivity contribution is 5.97. The lowest BCUT2D eigenvalue weighted by Gasteiger charge is -2.31. The number of rotatable bonds is 11. The zero-order valence-corrected chi connectivity index (χ0v) is 31.2. The van der Waals surface area contributed by atoms with Crippen molar-refractivity contribution < 1.29 is 28.9 Å². The van der Waals surface area contributed by atoms with Crippen LogP contribution in [0.15, 0.2) is 65.2 Å². The number of fused-ring (bicyclic) bond motifs is 2. The molecule has 8 rings (SSSR count). The second-order valence-corrected chi connectivity index (χ2v) is 14.6. The van der Waals surface area contributed by atoms with E-state index in [2.05, 4.69) is 28.0 Å². The van der Waals surface area contributed by atoms with Crippen LogP contribution in [0, 0.1) is 24.2 Å². The minimum absolute atomic E-state index is 0.205. The Bertz CT molecular complexity index is 2420. The van der Waals surface area contributed by atoms with Crippen molar-refractivity contribution in [1.82, 2.24) is 29.5 Å². The lowest BCUT2D eigenvalue weighted by atomic mass is 9.93. The van der Waals surface area contributed by atoms with Crippen molar-refractivity contribution in [2.75, 3.05) is 40.4 Å². The first-order valence-electron chi connectivity index (χ1n) is 18.6. The maximum Gasteiger partial charge on any atom is 0.303 e. The van der Waals surface area contributed by atoms with Crippen molar-refractivity contribution in [2.24, 2.45) is 5.92 Å². The van der Waals surface area contributed by atoms with E-state index >= 15 is 0 Å². The van der Waals surface area contributed by atoms with Crippen LogP contribution in [0.5, 0.6) is 11.6 Å². The second-order valence-electron chi connectivity index (χ2n) is 14.6. The van der Waals surface area contributed by atoms with E-state index in [4.69, 9.17) is 29.0 Å². The molecule has 2 aliphatic rings. The van der Waals surface area contributed by atoms with Gasteiger partial charge in [0.2, 0.25) is 11.8 Å². The minimum Gasteiger partial charge on any atom is -0.496 e. The molecule has 0 aliphatic carbocycles. The van der Waals surface area contributed by atoms with E-state index in [1.165, 1.54) is 0 Å². The third-order valence-electron chi connectivity index (χ3n) is 11.0. The Morgan fingerprint density at radius 2 is 1.73 bits per heavy atom. The molecule has 6 aromatic rings. The van der Waals surface area contributed by atoms with Gasteiger partial charge >= 0.3 is 5.97 Å². The average molecular weight is 742 g/mol. The molecular weight excluding hydrogens is 699 g/mol. The van der Waals surface area contributed by atoms with Crippen LogP contribution in [-0.2, 0) is 17.9 Å². The number of ether oxygens (including phenoxy) is 2. The van der Waals surface area contributed by atoms with E-state index in [1.807, 2.05) is 55.6 Å². The van der Waals surface area contributed by atoms with Crippen molar-refractivity contribution in [3.8, 4) is 46.1 Å². The Labute approximate surface area is 318 Å². The summed E-state index contributed by atoms with van der Waals surface area (Å²) in [5.41, 5.74) is 7.92. The number of hydrogen-bond donors (Lipinski definition) is 2. The van der Waals surface area contributed by atoms with Gasteiger partial charge in [-0.15, -0.1) is 0 Å². The zero-order valence-electron chi connectivity index (χ0n) is 31.2. The summed E-state index contributed by atoms with van der Waals surface area (Å²) in [5, 5.41) is 35.0. The molecule has 2 N–H and O–H groups in total. The summed E-state index contributed by atoms with van der Waals surface area (Å²) < 4.78 is 19.7. The van der Waals surface area contributed by atoms with E-state index < -0.39 is 5.97 Å². The fraction of sp³-hybridized carbons (Fsp3) is 0.357. The highest BCUT2D eigenvalue weighted by atomic mass is 16.5. The maximum atomic E-state index is 11.2. The van der Waals surface area contributed by atoms with Crippen molar-refractivity contribution >= 4 is 28.0 Å². The smallest absolute Gasteiger partial charge is 0.303 e. The van der Waals surface area contributed by atoms with Gasteiger partial charge in [-0.05, 0) is 91.7 Å². The van der Waals surface area contributed by atoms with Gasteiger partial charge in [0.15, 0.2) is 11.4 Å². The van der Waals surface area contributed by atoms with E-state index in [0.717, 1.165) is 83.2 Å². The molecule has 2 saturated heterocycles. The molecule has 55 heavy (non-hydrogen) atoms. The number of piperidine rings is 1. The SMILES string of the molecule is COc1cc(-n2ncc3c(-c4cccc(-c5nc6cc(CN7CCC(CC(=O)O)CC7)cc(C#N)c6o5)c4C)cccc32)nc(OC)c1CN1CC[C@@H](O)C1. The number of aliphatic carboxylic acids is 1. The van der Waals surface area contributed by atoms with Crippen LogP contribution in [0.4, 0.5) is 0 Å². The Hall–Kier alpha value is -5.81. The third kappa shape index (κ3) is 7.12. The average Bonchev–Trinajstić information content (AvgIpc) is 3.93. The molecule has 0 unspecified atom stereocenters. The molecule has 0 saturated carbocycles. The number of carbonyl (C=O) groups is 1. The zero-order chi connectivity index (χ0) is 38.2. The van der Waals surface area contributed by atoms with Crippen LogP contribution in [0.1, 0.15) is 47.9 Å². The number of oxazole rings is 1. The molecule has 1 atom stereocenters. The van der Waals surface area contributed by atoms with Gasteiger partial charge in [0.1, 0.15) is 17.3 Å². The fourth-order valence-corrected chi connectivity index (χ4v) is 8.16. The number of nitrogens with zero attached hydrogens (tertiary/aromatic N) is 7. The van der Waals surface area contributed by atoms with Crippen LogP contribution < -0.4 is 9.47 Å². The highest BCUT2D eigenvalue weighted by Gasteiger charge is 2.26. The summed E-state index contributed by atoms with van der Waals surface area (Å²) in [4.78, 5) is 25.4. The largest absolute Gasteiger partial charge is 0.496 e. The first-order valence-corrected chi connectivity index (χ1v) is 18.6. The van der Waals surface area contributed by atoms with E-state index in [-0.39, 0.29) is 18.4 Å². The molecular formula is C42H43N7O6. The molecule has 0 amide bonds. The van der Waals surface area contributed by atoms with Crippen molar-refractivity contribution in [2.45, 2.75) is 51.8 Å². The summed E-state index contributed by atoms with van der Waals surface area (Å²) >= 11 is 0. The standard InChI is InChI=1S/C42H43N7O6/c1-25-30(6-4-7-31(25)42-45-35-17-27(16-28(20-43)40(35)55-42)22-47-13-10-26(11-14-47)18-39(51)52)32-8-5-9-36-33(32)21-44-49(36)38-19-37(53-2)34(41(46-38)54-3)24-48-15-12-29(50)23-48/h4-9,16-17,19,21,26,29,50H,10-15,18,22-24H2,1-3H3,(H,51,52)/t29-/m1/s1. The molecule has 5 heterocycles. The molecule has 3 aromatic heterocycles. The quantitative estimate of drug-likeness (QED) is 0.152. The number of nitriles is 1. The van der Waals surface area contributed by atoms with Gasteiger partial charge in [-0.3, -0.25) is 14.6 Å². The fourth-order valence-electron chi connectivity index (χ4n) is 8.16. The van der Waals surface area contributed by atoms with Gasteiger partial charge in [0.05, 0.1) is 43.2 Å². The summed E-state index contributed by atoms with van der Waals surface area (Å²) in [6.07, 6.45) is 4.14. The Kier molecular flexibility index (Phi) is 9.96. The number of aliphatic hydroxyl groups excluding tert-OH is 1. The molecule has 13 nitrogen and oxygen atoms in total. The predicted molar refractivity (Wildman–Crippen MR) is 206 cm³/mol. The Morgan fingerprint density at radius 1 is 0.964 bits per heavy atom. The van der Waals surface area contributed by atoms with Gasteiger partial charge < -0.3 is 24.1 Å². The summed E-state index contributed by atoms with van der Waals surface area (Å²) in [6, 6.07) is 20.1. The van der Waals surface area contributed by atoms with Crippen molar-refractivity contribution in [3.05, 3.63) is 83.0 Å². The monoisotopic (exact) mass is 741 g/mol. The van der Waals surface area contributed by atoms with Crippen molar-refractivity contribution in [3.63, 3.8) is 0 Å². The molecule has 0 bridgehead atoms. The summed E-state index contributed by atoms with van der Waals surface area (Å²) in [7, 11) is 3.22. The lowest BCUT2D eigenvalue weighted by Crippen LogP contribution is -2.33. The molecule has 3 aromatic carbocycles. The van der Waals surface area contributed by atoms with E-state index in [9.17, 15) is 20.3 Å². The first kappa shape index (κ1) is 36.2. The number of hydrogen-bond acceptors (Lipinski definition) is 11. The van der Waals surface area contributed by atoms with Crippen LogP contribution in [0.25, 0.3) is 50.4 Å². The molecule has 2 aliphatic heterocycles. The lowest BCUT2D eigenvalue weighted by molar-refractivity contribution is -0.138. The van der Waals surface area contributed by atoms with Crippen LogP contribution in [0.3, 0.4) is 0 Å².